The van der Waals surface area contributed by atoms with Gasteiger partial charge in [-0.3, -0.25) is 0 Å². The molecule has 4 heteroatoms. The van der Waals surface area contributed by atoms with Gasteiger partial charge in [-0.15, -0.1) is 0 Å². The molecule has 0 bridgehead atoms. The molecule has 0 saturated carbocycles. The number of nitrogens with zero attached hydrogens (tertiary/aromatic N) is 1. The first kappa shape index (κ1) is 11.9. The van der Waals surface area contributed by atoms with Crippen LogP contribution in [0.5, 0.6) is 0 Å². The Labute approximate surface area is 80.4 Å². The molecule has 0 radical (unpaired) electrons. The smallest absolute Gasteiger partial charge is 0.159 e. The maximum Gasteiger partial charge on any atom is 0.159 e. The molecule has 1 aromatic rings. The van der Waals surface area contributed by atoms with Crippen LogP contribution in [0.4, 0.5) is 8.78 Å². The summed E-state index contributed by atoms with van der Waals surface area (Å²) >= 11 is 0.797. The van der Waals surface area contributed by atoms with Crippen LogP contribution in [0.25, 0.3) is 0 Å². The van der Waals surface area contributed by atoms with Crippen LogP contribution in [-0.2, 0) is 0 Å². The molecule has 0 unspecified atom stereocenters. The van der Waals surface area contributed by atoms with Crippen molar-refractivity contribution < 1.29 is 8.78 Å². The molecular formula is C9H9F2NS. The van der Waals surface area contributed by atoms with Gasteiger partial charge < -0.3 is 0 Å². The van der Waals surface area contributed by atoms with E-state index in [1.165, 1.54) is 6.07 Å². The van der Waals surface area contributed by atoms with E-state index in [0.717, 1.165) is 23.9 Å². The maximum atomic E-state index is 12.4. The van der Waals surface area contributed by atoms with Crippen molar-refractivity contribution in [3.63, 3.8) is 0 Å². The van der Waals surface area contributed by atoms with Gasteiger partial charge in [-0.1, -0.05) is 13.8 Å². The zero-order valence-electron chi connectivity index (χ0n) is 7.34. The van der Waals surface area contributed by atoms with Crippen LogP contribution in [0.3, 0.4) is 0 Å². The number of nitriles is 1. The number of benzene rings is 1. The van der Waals surface area contributed by atoms with Gasteiger partial charge in [0.15, 0.2) is 11.6 Å². The van der Waals surface area contributed by atoms with Crippen molar-refractivity contribution in [2.75, 3.05) is 0 Å². The summed E-state index contributed by atoms with van der Waals surface area (Å²) < 4.78 is 24.7. The van der Waals surface area contributed by atoms with Crippen LogP contribution in [0.1, 0.15) is 13.8 Å². The second-order valence-corrected chi connectivity index (χ2v) is 2.63. The Kier molecular flexibility index (Phi) is 5.90. The highest BCUT2D eigenvalue weighted by molar-refractivity contribution is 8.03. The zero-order chi connectivity index (χ0) is 10.3. The van der Waals surface area contributed by atoms with Crippen molar-refractivity contribution in [2.45, 2.75) is 18.7 Å². The molecule has 0 aliphatic rings. The fraction of sp³-hybridized carbons (Fsp3) is 0.222. The largest absolute Gasteiger partial charge is 0.204 e. The third-order valence-corrected chi connectivity index (χ3v) is 1.64. The normalized spacial score (nSPS) is 8.23. The molecule has 0 atom stereocenters. The molecule has 1 aromatic carbocycles. The second kappa shape index (κ2) is 6.44. The minimum absolute atomic E-state index is 0.409. The van der Waals surface area contributed by atoms with Gasteiger partial charge in [-0.25, -0.2) is 8.78 Å². The van der Waals surface area contributed by atoms with E-state index in [1.807, 2.05) is 13.8 Å². The molecule has 0 amide bonds. The van der Waals surface area contributed by atoms with Gasteiger partial charge in [0.2, 0.25) is 0 Å². The van der Waals surface area contributed by atoms with Crippen LogP contribution in [-0.4, -0.2) is 0 Å². The molecule has 0 N–H and O–H groups in total. The molecule has 0 saturated heterocycles. The molecule has 0 aliphatic carbocycles. The van der Waals surface area contributed by atoms with E-state index in [4.69, 9.17) is 5.26 Å². The van der Waals surface area contributed by atoms with E-state index in [2.05, 4.69) is 0 Å². The average Bonchev–Trinajstić information content (AvgIpc) is 2.15. The van der Waals surface area contributed by atoms with E-state index in [0.29, 0.717) is 4.90 Å². The lowest BCUT2D eigenvalue weighted by Crippen LogP contribution is -1.81. The predicted molar refractivity (Wildman–Crippen MR) is 49.2 cm³/mol. The third kappa shape index (κ3) is 3.90. The number of hydrogen-bond donors (Lipinski definition) is 0. The standard InChI is InChI=1S/C7H3F2NS.C2H6/c8-6-2-1-5(11-4-10)3-7(6)9;1-2/h1-3H;1-2H3. The summed E-state index contributed by atoms with van der Waals surface area (Å²) in [6, 6.07) is 3.34. The van der Waals surface area contributed by atoms with Gasteiger partial charge in [0.05, 0.1) is 0 Å². The Bertz CT molecular complexity index is 307. The minimum Gasteiger partial charge on any atom is -0.204 e. The first-order chi connectivity index (χ1) is 6.24. The topological polar surface area (TPSA) is 23.8 Å². The molecule has 13 heavy (non-hydrogen) atoms. The van der Waals surface area contributed by atoms with Crippen molar-refractivity contribution >= 4 is 11.8 Å². The van der Waals surface area contributed by atoms with E-state index in [9.17, 15) is 8.78 Å². The second-order valence-electron chi connectivity index (χ2n) is 1.77. The van der Waals surface area contributed by atoms with Gasteiger partial charge in [0.1, 0.15) is 5.40 Å². The van der Waals surface area contributed by atoms with E-state index >= 15 is 0 Å². The summed E-state index contributed by atoms with van der Waals surface area (Å²) in [6.07, 6.45) is 0. The van der Waals surface area contributed by atoms with Crippen molar-refractivity contribution in [2.24, 2.45) is 0 Å². The molecule has 0 heterocycles. The molecule has 0 aromatic heterocycles. The van der Waals surface area contributed by atoms with Crippen LogP contribution >= 0.6 is 11.8 Å². The summed E-state index contributed by atoms with van der Waals surface area (Å²) in [5, 5.41) is 9.93. The Morgan fingerprint density at radius 2 is 1.85 bits per heavy atom. The first-order valence-corrected chi connectivity index (χ1v) is 4.56. The molecule has 1 rings (SSSR count). The first-order valence-electron chi connectivity index (χ1n) is 3.75. The highest BCUT2D eigenvalue weighted by Crippen LogP contribution is 2.18. The fourth-order valence-corrected chi connectivity index (χ4v) is 0.997. The molecule has 1 nitrogen and oxygen atoms in total. The number of thiocyanates is 1. The monoisotopic (exact) mass is 201 g/mol. The number of halogens is 2. The summed E-state index contributed by atoms with van der Waals surface area (Å²) in [6.45, 7) is 4.00. The molecular weight excluding hydrogens is 192 g/mol. The Hall–Kier alpha value is -1.08. The molecule has 0 spiro atoms. The van der Waals surface area contributed by atoms with Gasteiger partial charge in [-0.2, -0.15) is 5.26 Å². The molecule has 70 valence electrons. The summed E-state index contributed by atoms with van der Waals surface area (Å²) in [5.74, 6) is -1.82. The SMILES string of the molecule is CC.N#CSc1ccc(F)c(F)c1. The Morgan fingerprint density at radius 1 is 1.23 bits per heavy atom. The van der Waals surface area contributed by atoms with Gasteiger partial charge in [-0.05, 0) is 30.0 Å². The average molecular weight is 201 g/mol. The van der Waals surface area contributed by atoms with E-state index < -0.39 is 11.6 Å². The van der Waals surface area contributed by atoms with Crippen LogP contribution in [0.2, 0.25) is 0 Å². The van der Waals surface area contributed by atoms with Crippen molar-refractivity contribution in [1.29, 1.82) is 5.26 Å². The van der Waals surface area contributed by atoms with Gasteiger partial charge in [0.25, 0.3) is 0 Å². The van der Waals surface area contributed by atoms with Crippen molar-refractivity contribution in [3.8, 4) is 5.40 Å². The maximum absolute atomic E-state index is 12.4. The lowest BCUT2D eigenvalue weighted by Gasteiger charge is -1.93. The summed E-state index contributed by atoms with van der Waals surface area (Å²) in [7, 11) is 0. The van der Waals surface area contributed by atoms with Crippen LogP contribution < -0.4 is 0 Å². The number of thioether (sulfide) groups is 1. The number of hydrogen-bond acceptors (Lipinski definition) is 2. The Balaban J connectivity index is 0.000000671. The summed E-state index contributed by atoms with van der Waals surface area (Å²) in [5.41, 5.74) is 0. The van der Waals surface area contributed by atoms with Gasteiger partial charge in [0, 0.05) is 4.90 Å². The van der Waals surface area contributed by atoms with Crippen LogP contribution in [0, 0.1) is 22.3 Å². The molecule has 0 fully saturated rings. The van der Waals surface area contributed by atoms with Crippen LogP contribution in [0.15, 0.2) is 23.1 Å². The molecule has 0 aliphatic heterocycles. The van der Waals surface area contributed by atoms with Gasteiger partial charge >= 0.3 is 0 Å². The highest BCUT2D eigenvalue weighted by atomic mass is 32.2. The lowest BCUT2D eigenvalue weighted by atomic mass is 10.3. The summed E-state index contributed by atoms with van der Waals surface area (Å²) in [4.78, 5) is 0.409. The van der Waals surface area contributed by atoms with Crippen molar-refractivity contribution in [3.05, 3.63) is 29.8 Å². The van der Waals surface area contributed by atoms with E-state index in [1.54, 1.807) is 5.40 Å². The predicted octanol–water partition coefficient (Wildman–Crippen LogP) is 3.56. The number of rotatable bonds is 1. The van der Waals surface area contributed by atoms with E-state index in [-0.39, 0.29) is 0 Å². The quantitative estimate of drug-likeness (QED) is 0.512. The minimum atomic E-state index is -0.926. The fourth-order valence-electron chi connectivity index (χ4n) is 0.593. The third-order valence-electron chi connectivity index (χ3n) is 1.05. The highest BCUT2D eigenvalue weighted by Gasteiger charge is 2.01. The van der Waals surface area contributed by atoms with Crippen molar-refractivity contribution in [1.82, 2.24) is 0 Å². The Morgan fingerprint density at radius 3 is 2.31 bits per heavy atom. The lowest BCUT2D eigenvalue weighted by molar-refractivity contribution is 0.506. The zero-order valence-corrected chi connectivity index (χ0v) is 8.16.